The molecule has 1 unspecified atom stereocenters. The average molecular weight is 304 g/mol. The second-order valence-corrected chi connectivity index (χ2v) is 4.12. The summed E-state index contributed by atoms with van der Waals surface area (Å²) in [4.78, 5) is 31.5. The minimum Gasteiger partial charge on any atom is -0.478 e. The number of aromatic carboxylic acids is 1. The first kappa shape index (κ1) is 15.7. The maximum absolute atomic E-state index is 11.1. The summed E-state index contributed by atoms with van der Waals surface area (Å²) in [5.74, 6) is -2.46. The third-order valence-electron chi connectivity index (χ3n) is 2.32. The van der Waals surface area contributed by atoms with Gasteiger partial charge in [-0.25, -0.2) is 4.79 Å². The molecule has 1 aromatic rings. The second kappa shape index (κ2) is 6.17. The predicted octanol–water partition coefficient (Wildman–Crippen LogP) is 0.204. The number of carboxylic acid groups (broad SMARTS) is 1. The first-order valence-electron chi connectivity index (χ1n) is 5.16. The van der Waals surface area contributed by atoms with Gasteiger partial charge in [0.1, 0.15) is 6.10 Å². The Balaban J connectivity index is 3.15. The van der Waals surface area contributed by atoms with E-state index >= 15 is 0 Å². The molecule has 0 aliphatic heterocycles. The van der Waals surface area contributed by atoms with Gasteiger partial charge in [-0.15, -0.1) is 0 Å². The van der Waals surface area contributed by atoms with Crippen LogP contribution in [0.15, 0.2) is 12.1 Å². The fraction of sp³-hybridized carbons (Fsp3) is 0.200. The monoisotopic (exact) mass is 303 g/mol. The first-order valence-corrected chi connectivity index (χ1v) is 5.54. The Bertz CT molecular complexity index is 576. The molecule has 10 heteroatoms. The molecule has 5 N–H and O–H groups in total. The number of nitro benzene ring substituents is 1. The van der Waals surface area contributed by atoms with Crippen LogP contribution >= 0.6 is 11.6 Å². The molecule has 0 spiro atoms. The molecule has 0 bridgehead atoms. The number of nitrogens with zero attached hydrogens (tertiary/aromatic N) is 1. The molecule has 1 atom stereocenters. The number of aliphatic hydroxyl groups excluding tert-OH is 1. The van der Waals surface area contributed by atoms with Gasteiger partial charge in [-0.3, -0.25) is 14.9 Å². The summed E-state index contributed by atoms with van der Waals surface area (Å²) in [6.07, 6.45) is -1.55. The highest BCUT2D eigenvalue weighted by atomic mass is 35.5. The zero-order chi connectivity index (χ0) is 15.4. The standard InChI is InChI=1S/C10H10ClN3O6/c11-6-2-4(14(19)20)1-5(10(17)18)8(6)13-3-7(15)9(12)16/h1-2,7,13,15H,3H2,(H2,12,16)(H,17,18). The molecule has 0 saturated carbocycles. The Morgan fingerprint density at radius 3 is 2.55 bits per heavy atom. The van der Waals surface area contributed by atoms with E-state index < -0.39 is 34.2 Å². The van der Waals surface area contributed by atoms with E-state index in [0.717, 1.165) is 12.1 Å². The number of primary amides is 1. The highest BCUT2D eigenvalue weighted by molar-refractivity contribution is 6.34. The molecule has 1 rings (SSSR count). The number of nitrogens with one attached hydrogen (secondary N) is 1. The van der Waals surface area contributed by atoms with Crippen molar-refractivity contribution in [1.82, 2.24) is 0 Å². The quantitative estimate of drug-likeness (QED) is 0.432. The van der Waals surface area contributed by atoms with Gasteiger partial charge in [0.15, 0.2) is 0 Å². The number of nitrogens with two attached hydrogens (primary N) is 1. The topological polar surface area (TPSA) is 156 Å². The minimum absolute atomic E-state index is 0.148. The lowest BCUT2D eigenvalue weighted by Crippen LogP contribution is -2.34. The van der Waals surface area contributed by atoms with Gasteiger partial charge < -0.3 is 21.3 Å². The smallest absolute Gasteiger partial charge is 0.338 e. The maximum Gasteiger partial charge on any atom is 0.338 e. The fourth-order valence-electron chi connectivity index (χ4n) is 1.35. The number of halogens is 1. The SMILES string of the molecule is NC(=O)C(O)CNc1c(Cl)cc([N+](=O)[O-])cc1C(=O)O. The fourth-order valence-corrected chi connectivity index (χ4v) is 1.63. The van der Waals surface area contributed by atoms with Crippen LogP contribution in [0.4, 0.5) is 11.4 Å². The molecule has 0 radical (unpaired) electrons. The number of hydrogen-bond acceptors (Lipinski definition) is 6. The zero-order valence-electron chi connectivity index (χ0n) is 9.87. The van der Waals surface area contributed by atoms with Crippen molar-refractivity contribution in [2.75, 3.05) is 11.9 Å². The van der Waals surface area contributed by atoms with Crippen LogP contribution in [0.2, 0.25) is 5.02 Å². The van der Waals surface area contributed by atoms with E-state index in [9.17, 15) is 24.8 Å². The first-order chi connectivity index (χ1) is 9.23. The van der Waals surface area contributed by atoms with E-state index in [-0.39, 0.29) is 17.3 Å². The lowest BCUT2D eigenvalue weighted by Gasteiger charge is -2.13. The number of aliphatic hydroxyl groups is 1. The molecule has 0 fully saturated rings. The van der Waals surface area contributed by atoms with Crippen LogP contribution in [0.1, 0.15) is 10.4 Å². The van der Waals surface area contributed by atoms with Gasteiger partial charge in [0.2, 0.25) is 5.91 Å². The van der Waals surface area contributed by atoms with Crippen LogP contribution in [-0.2, 0) is 4.79 Å². The highest BCUT2D eigenvalue weighted by Crippen LogP contribution is 2.31. The number of rotatable bonds is 6. The summed E-state index contributed by atoms with van der Waals surface area (Å²) in [5, 5.41) is 31.0. The molecule has 108 valence electrons. The number of carboxylic acids is 1. The van der Waals surface area contributed by atoms with Crippen LogP contribution in [-0.4, -0.2) is 39.7 Å². The van der Waals surface area contributed by atoms with Gasteiger partial charge in [-0.2, -0.15) is 0 Å². The Morgan fingerprint density at radius 2 is 2.10 bits per heavy atom. The number of benzene rings is 1. The number of amides is 1. The zero-order valence-corrected chi connectivity index (χ0v) is 10.6. The van der Waals surface area contributed by atoms with Gasteiger partial charge in [-0.1, -0.05) is 11.6 Å². The van der Waals surface area contributed by atoms with Crippen LogP contribution in [0, 0.1) is 10.1 Å². The Hall–Kier alpha value is -2.39. The number of carbonyl (C=O) groups is 2. The maximum atomic E-state index is 11.1. The van der Waals surface area contributed by atoms with Crippen LogP contribution in [0.5, 0.6) is 0 Å². The van der Waals surface area contributed by atoms with Crippen molar-refractivity contribution < 1.29 is 24.7 Å². The number of anilines is 1. The molecule has 20 heavy (non-hydrogen) atoms. The van der Waals surface area contributed by atoms with E-state index in [1.165, 1.54) is 0 Å². The van der Waals surface area contributed by atoms with Crippen molar-refractivity contribution in [3.63, 3.8) is 0 Å². The lowest BCUT2D eigenvalue weighted by molar-refractivity contribution is -0.384. The van der Waals surface area contributed by atoms with Crippen molar-refractivity contribution in [1.29, 1.82) is 0 Å². The summed E-state index contributed by atoms with van der Waals surface area (Å²) in [5.41, 5.74) is 3.73. The number of nitro groups is 1. The van der Waals surface area contributed by atoms with E-state index in [4.69, 9.17) is 22.4 Å². The van der Waals surface area contributed by atoms with Crippen molar-refractivity contribution in [3.05, 3.63) is 32.8 Å². The molecular formula is C10H10ClN3O6. The Kier molecular flexibility index (Phi) is 4.83. The highest BCUT2D eigenvalue weighted by Gasteiger charge is 2.21. The minimum atomic E-state index is -1.55. The summed E-state index contributed by atoms with van der Waals surface area (Å²) >= 11 is 5.76. The van der Waals surface area contributed by atoms with Crippen LogP contribution < -0.4 is 11.1 Å². The van der Waals surface area contributed by atoms with Gasteiger partial charge in [-0.05, 0) is 0 Å². The Labute approximate surface area is 117 Å². The molecule has 0 aliphatic carbocycles. The number of hydrogen-bond donors (Lipinski definition) is 4. The molecule has 0 aliphatic rings. The summed E-state index contributed by atoms with van der Waals surface area (Å²) in [6, 6.07) is 1.76. The average Bonchev–Trinajstić information content (AvgIpc) is 2.35. The molecule has 1 amide bonds. The predicted molar refractivity (Wildman–Crippen MR) is 68.8 cm³/mol. The summed E-state index contributed by atoms with van der Waals surface area (Å²) in [6.45, 7) is -0.382. The molecule has 0 saturated heterocycles. The van der Waals surface area contributed by atoms with Gasteiger partial charge in [0.25, 0.3) is 5.69 Å². The van der Waals surface area contributed by atoms with Crippen molar-refractivity contribution in [3.8, 4) is 0 Å². The van der Waals surface area contributed by atoms with Gasteiger partial charge in [0.05, 0.1) is 21.2 Å². The van der Waals surface area contributed by atoms with Gasteiger partial charge >= 0.3 is 5.97 Å². The van der Waals surface area contributed by atoms with Crippen LogP contribution in [0.25, 0.3) is 0 Å². The third kappa shape index (κ3) is 3.56. The molecular weight excluding hydrogens is 294 g/mol. The lowest BCUT2D eigenvalue weighted by atomic mass is 10.1. The van der Waals surface area contributed by atoms with E-state index in [1.54, 1.807) is 0 Å². The Morgan fingerprint density at radius 1 is 1.50 bits per heavy atom. The molecule has 9 nitrogen and oxygen atoms in total. The summed E-state index contributed by atoms with van der Waals surface area (Å²) in [7, 11) is 0. The van der Waals surface area contributed by atoms with Crippen LogP contribution in [0.3, 0.4) is 0 Å². The number of carbonyl (C=O) groups excluding carboxylic acids is 1. The van der Waals surface area contributed by atoms with E-state index in [0.29, 0.717) is 0 Å². The third-order valence-corrected chi connectivity index (χ3v) is 2.61. The van der Waals surface area contributed by atoms with Crippen molar-refractivity contribution in [2.24, 2.45) is 5.73 Å². The van der Waals surface area contributed by atoms with E-state index in [2.05, 4.69) is 5.32 Å². The van der Waals surface area contributed by atoms with Gasteiger partial charge in [0, 0.05) is 18.7 Å². The normalized spacial score (nSPS) is 11.7. The van der Waals surface area contributed by atoms with Crippen molar-refractivity contribution >= 4 is 34.9 Å². The second-order valence-electron chi connectivity index (χ2n) is 3.71. The molecule has 1 aromatic carbocycles. The molecule has 0 heterocycles. The number of non-ortho nitro benzene ring substituents is 1. The van der Waals surface area contributed by atoms with Crippen molar-refractivity contribution in [2.45, 2.75) is 6.10 Å². The largest absolute Gasteiger partial charge is 0.478 e. The molecule has 0 aromatic heterocycles. The van der Waals surface area contributed by atoms with E-state index in [1.807, 2.05) is 0 Å². The summed E-state index contributed by atoms with van der Waals surface area (Å²) < 4.78 is 0.